The van der Waals surface area contributed by atoms with Gasteiger partial charge in [0, 0.05) is 43.9 Å². The first-order valence-corrected chi connectivity index (χ1v) is 9.16. The largest absolute Gasteiger partial charge is 0.385 e. The Balaban J connectivity index is 1.44. The number of rotatable bonds is 7. The first-order valence-electron chi connectivity index (χ1n) is 9.16. The van der Waals surface area contributed by atoms with E-state index in [4.69, 9.17) is 0 Å². The Morgan fingerprint density at radius 3 is 2.50 bits per heavy atom. The van der Waals surface area contributed by atoms with Crippen LogP contribution in [-0.4, -0.2) is 36.3 Å². The summed E-state index contributed by atoms with van der Waals surface area (Å²) in [7, 11) is 0. The summed E-state index contributed by atoms with van der Waals surface area (Å²) in [6.07, 6.45) is 2.57. The van der Waals surface area contributed by atoms with Crippen molar-refractivity contribution in [2.75, 3.05) is 25.0 Å². The highest BCUT2D eigenvalue weighted by Gasteiger charge is 2.19. The minimum absolute atomic E-state index is 0.00953. The standard InChI is InChI=1S/C21H25N3O2/c25-20(11-12-22-19-9-2-1-3-10-19)23-16-17-7-6-8-18(15-17)21(26)24-13-4-5-14-24/h1-3,6-10,15,22H,4-5,11-14,16H2,(H,23,25). The zero-order valence-electron chi connectivity index (χ0n) is 14.9. The second-order valence-electron chi connectivity index (χ2n) is 6.52. The summed E-state index contributed by atoms with van der Waals surface area (Å²) in [6, 6.07) is 17.4. The number of hydrogen-bond acceptors (Lipinski definition) is 3. The summed E-state index contributed by atoms with van der Waals surface area (Å²) in [5.74, 6) is 0.0763. The first-order chi connectivity index (χ1) is 12.7. The summed E-state index contributed by atoms with van der Waals surface area (Å²) in [5, 5.41) is 6.14. The van der Waals surface area contributed by atoms with E-state index in [0.717, 1.165) is 37.2 Å². The van der Waals surface area contributed by atoms with Gasteiger partial charge in [0.2, 0.25) is 5.91 Å². The van der Waals surface area contributed by atoms with Crippen molar-refractivity contribution >= 4 is 17.5 Å². The second-order valence-corrected chi connectivity index (χ2v) is 6.52. The third-order valence-electron chi connectivity index (χ3n) is 4.51. The summed E-state index contributed by atoms with van der Waals surface area (Å²) in [6.45, 7) is 2.71. The van der Waals surface area contributed by atoms with Gasteiger partial charge in [0.05, 0.1) is 0 Å². The van der Waals surface area contributed by atoms with E-state index in [1.54, 1.807) is 0 Å². The molecule has 0 unspecified atom stereocenters. The predicted octanol–water partition coefficient (Wildman–Crippen LogP) is 3.04. The predicted molar refractivity (Wildman–Crippen MR) is 103 cm³/mol. The molecule has 1 aliphatic rings. The van der Waals surface area contributed by atoms with Crippen LogP contribution in [0.15, 0.2) is 54.6 Å². The van der Waals surface area contributed by atoms with E-state index in [9.17, 15) is 9.59 Å². The molecule has 2 N–H and O–H groups in total. The lowest BCUT2D eigenvalue weighted by Crippen LogP contribution is -2.28. The van der Waals surface area contributed by atoms with Gasteiger partial charge >= 0.3 is 0 Å². The van der Waals surface area contributed by atoms with Crippen molar-refractivity contribution in [1.29, 1.82) is 0 Å². The Morgan fingerprint density at radius 1 is 0.962 bits per heavy atom. The lowest BCUT2D eigenvalue weighted by molar-refractivity contribution is -0.121. The van der Waals surface area contributed by atoms with Gasteiger partial charge in [0.25, 0.3) is 5.91 Å². The highest BCUT2D eigenvalue weighted by Crippen LogP contribution is 2.14. The van der Waals surface area contributed by atoms with E-state index >= 15 is 0 Å². The molecule has 0 radical (unpaired) electrons. The van der Waals surface area contributed by atoms with Gasteiger partial charge in [-0.3, -0.25) is 9.59 Å². The van der Waals surface area contributed by atoms with E-state index in [0.29, 0.717) is 25.1 Å². The molecule has 1 heterocycles. The van der Waals surface area contributed by atoms with E-state index in [-0.39, 0.29) is 11.8 Å². The van der Waals surface area contributed by atoms with Crippen LogP contribution in [0.25, 0.3) is 0 Å². The van der Waals surface area contributed by atoms with Crippen molar-refractivity contribution in [3.63, 3.8) is 0 Å². The molecule has 1 saturated heterocycles. The minimum atomic E-state index is -0.00953. The first kappa shape index (κ1) is 18.0. The molecule has 5 heteroatoms. The number of carbonyl (C=O) groups is 2. The normalized spacial score (nSPS) is 13.5. The van der Waals surface area contributed by atoms with E-state index in [1.165, 1.54) is 0 Å². The fourth-order valence-electron chi connectivity index (χ4n) is 3.08. The molecule has 3 rings (SSSR count). The molecule has 2 aromatic rings. The molecule has 1 fully saturated rings. The Hall–Kier alpha value is -2.82. The van der Waals surface area contributed by atoms with Crippen LogP contribution in [0, 0.1) is 0 Å². The van der Waals surface area contributed by atoms with Crippen molar-refractivity contribution in [2.45, 2.75) is 25.8 Å². The van der Waals surface area contributed by atoms with Crippen molar-refractivity contribution in [3.05, 3.63) is 65.7 Å². The van der Waals surface area contributed by atoms with Crippen LogP contribution >= 0.6 is 0 Å². The maximum absolute atomic E-state index is 12.4. The Labute approximate surface area is 154 Å². The summed E-state index contributed by atoms with van der Waals surface area (Å²) in [4.78, 5) is 26.3. The van der Waals surface area contributed by atoms with Gasteiger partial charge < -0.3 is 15.5 Å². The van der Waals surface area contributed by atoms with Gasteiger partial charge in [0.1, 0.15) is 0 Å². The Bertz CT molecular complexity index is 740. The topological polar surface area (TPSA) is 61.4 Å². The molecule has 1 aliphatic heterocycles. The number of amides is 2. The molecule has 2 aromatic carbocycles. The zero-order chi connectivity index (χ0) is 18.2. The third-order valence-corrected chi connectivity index (χ3v) is 4.51. The van der Waals surface area contributed by atoms with Gasteiger partial charge in [-0.1, -0.05) is 30.3 Å². The van der Waals surface area contributed by atoms with Crippen molar-refractivity contribution in [2.24, 2.45) is 0 Å². The average molecular weight is 351 g/mol. The molecule has 26 heavy (non-hydrogen) atoms. The highest BCUT2D eigenvalue weighted by atomic mass is 16.2. The molecular formula is C21H25N3O2. The molecule has 2 amide bonds. The van der Waals surface area contributed by atoms with Crippen LogP contribution in [0.3, 0.4) is 0 Å². The quantitative estimate of drug-likeness (QED) is 0.806. The molecule has 0 saturated carbocycles. The summed E-state index contributed by atoms with van der Waals surface area (Å²) < 4.78 is 0. The van der Waals surface area contributed by atoms with E-state index in [2.05, 4.69) is 10.6 Å². The van der Waals surface area contributed by atoms with Gasteiger partial charge in [-0.2, -0.15) is 0 Å². The fourth-order valence-corrected chi connectivity index (χ4v) is 3.08. The zero-order valence-corrected chi connectivity index (χ0v) is 14.9. The number of anilines is 1. The van der Waals surface area contributed by atoms with Gasteiger partial charge in [-0.05, 0) is 42.7 Å². The molecule has 0 spiro atoms. The van der Waals surface area contributed by atoms with Gasteiger partial charge in [-0.15, -0.1) is 0 Å². The number of benzene rings is 2. The van der Waals surface area contributed by atoms with Crippen molar-refractivity contribution < 1.29 is 9.59 Å². The number of carbonyl (C=O) groups excluding carboxylic acids is 2. The molecule has 5 nitrogen and oxygen atoms in total. The fraction of sp³-hybridized carbons (Fsp3) is 0.333. The lowest BCUT2D eigenvalue weighted by Gasteiger charge is -2.15. The number of nitrogens with zero attached hydrogens (tertiary/aromatic N) is 1. The van der Waals surface area contributed by atoms with Gasteiger partial charge in [-0.25, -0.2) is 0 Å². The molecule has 0 bridgehead atoms. The number of hydrogen-bond donors (Lipinski definition) is 2. The van der Waals surface area contributed by atoms with E-state index in [1.807, 2.05) is 59.5 Å². The highest BCUT2D eigenvalue weighted by molar-refractivity contribution is 5.94. The summed E-state index contributed by atoms with van der Waals surface area (Å²) in [5.41, 5.74) is 2.65. The smallest absolute Gasteiger partial charge is 0.253 e. The number of nitrogens with one attached hydrogen (secondary N) is 2. The van der Waals surface area contributed by atoms with Crippen LogP contribution in [0.5, 0.6) is 0 Å². The molecule has 0 aliphatic carbocycles. The van der Waals surface area contributed by atoms with Crippen LogP contribution in [0.2, 0.25) is 0 Å². The summed E-state index contributed by atoms with van der Waals surface area (Å²) >= 11 is 0. The van der Waals surface area contributed by atoms with Gasteiger partial charge in [0.15, 0.2) is 0 Å². The van der Waals surface area contributed by atoms with Crippen LogP contribution in [-0.2, 0) is 11.3 Å². The van der Waals surface area contributed by atoms with Crippen LogP contribution < -0.4 is 10.6 Å². The molecular weight excluding hydrogens is 326 g/mol. The number of likely N-dealkylation sites (tertiary alicyclic amines) is 1. The van der Waals surface area contributed by atoms with Crippen LogP contribution in [0.1, 0.15) is 35.2 Å². The van der Waals surface area contributed by atoms with Crippen molar-refractivity contribution in [3.8, 4) is 0 Å². The number of para-hydroxylation sites is 1. The average Bonchev–Trinajstić information content (AvgIpc) is 3.22. The monoisotopic (exact) mass is 351 g/mol. The molecule has 0 atom stereocenters. The SMILES string of the molecule is O=C(CCNc1ccccc1)NCc1cccc(C(=O)N2CCCC2)c1. The maximum atomic E-state index is 12.4. The van der Waals surface area contributed by atoms with Crippen molar-refractivity contribution in [1.82, 2.24) is 10.2 Å². The third kappa shape index (κ3) is 5.09. The minimum Gasteiger partial charge on any atom is -0.385 e. The van der Waals surface area contributed by atoms with E-state index < -0.39 is 0 Å². The molecule has 136 valence electrons. The maximum Gasteiger partial charge on any atom is 0.253 e. The van der Waals surface area contributed by atoms with Crippen LogP contribution in [0.4, 0.5) is 5.69 Å². The Kier molecular flexibility index (Phi) is 6.25. The Morgan fingerprint density at radius 2 is 1.73 bits per heavy atom. The molecule has 0 aromatic heterocycles. The second kappa shape index (κ2) is 9.04. The lowest BCUT2D eigenvalue weighted by atomic mass is 10.1.